The van der Waals surface area contributed by atoms with Crippen molar-refractivity contribution < 1.29 is 13.9 Å². The van der Waals surface area contributed by atoms with E-state index in [9.17, 15) is 9.59 Å². The maximum atomic E-state index is 13.0. The van der Waals surface area contributed by atoms with Crippen LogP contribution in [0.4, 0.5) is 11.4 Å². The topological polar surface area (TPSA) is 81.6 Å². The number of carbonyl (C=O) groups is 1. The number of amides is 1. The summed E-state index contributed by atoms with van der Waals surface area (Å²) in [6.07, 6.45) is 0. The molecule has 0 fully saturated rings. The Labute approximate surface area is 177 Å². The summed E-state index contributed by atoms with van der Waals surface area (Å²) in [6, 6.07) is 8.60. The Morgan fingerprint density at radius 1 is 1.10 bits per heavy atom. The van der Waals surface area contributed by atoms with Gasteiger partial charge in [0.15, 0.2) is 17.1 Å². The first-order valence-corrected chi connectivity index (χ1v) is 9.54. The largest absolute Gasteiger partial charge is 0.493 e. The SMILES string of the molecule is COc1cc(Cl)cc2cc(C(=O)Nc3cc4c(cc3N(C)C)n(C)c(=O)n4C)oc12. The number of anilines is 2. The molecular formula is C21H21ClN4O4. The van der Waals surface area contributed by atoms with Crippen LogP contribution in [0.1, 0.15) is 10.6 Å². The molecule has 0 radical (unpaired) electrons. The summed E-state index contributed by atoms with van der Waals surface area (Å²) in [6.45, 7) is 0. The molecule has 0 aliphatic heterocycles. The Bertz CT molecular complexity index is 1360. The van der Waals surface area contributed by atoms with E-state index >= 15 is 0 Å². The minimum atomic E-state index is -0.423. The van der Waals surface area contributed by atoms with Crippen LogP contribution >= 0.6 is 11.6 Å². The van der Waals surface area contributed by atoms with E-state index in [2.05, 4.69) is 5.32 Å². The number of aromatic nitrogens is 2. The molecule has 30 heavy (non-hydrogen) atoms. The summed E-state index contributed by atoms with van der Waals surface area (Å²) in [7, 11) is 8.66. The summed E-state index contributed by atoms with van der Waals surface area (Å²) in [4.78, 5) is 27.1. The molecule has 2 aromatic heterocycles. The van der Waals surface area contributed by atoms with Crippen molar-refractivity contribution in [2.45, 2.75) is 0 Å². The lowest BCUT2D eigenvalue weighted by molar-refractivity contribution is 0.0998. The van der Waals surface area contributed by atoms with Crippen LogP contribution < -0.4 is 20.6 Å². The molecule has 0 aliphatic carbocycles. The molecule has 1 N–H and O–H groups in total. The van der Waals surface area contributed by atoms with Crippen molar-refractivity contribution in [2.24, 2.45) is 14.1 Å². The second kappa shape index (κ2) is 7.14. The number of furan rings is 1. The number of nitrogens with zero attached hydrogens (tertiary/aromatic N) is 3. The fraction of sp³-hybridized carbons (Fsp3) is 0.238. The number of ether oxygens (including phenoxy) is 1. The summed E-state index contributed by atoms with van der Waals surface area (Å²) >= 11 is 6.10. The zero-order valence-corrected chi connectivity index (χ0v) is 18.0. The molecule has 0 atom stereocenters. The lowest BCUT2D eigenvalue weighted by Crippen LogP contribution is -2.19. The molecular weight excluding hydrogens is 408 g/mol. The number of methoxy groups -OCH3 is 1. The van der Waals surface area contributed by atoms with Crippen LogP contribution in [0.25, 0.3) is 22.0 Å². The zero-order chi connectivity index (χ0) is 21.7. The van der Waals surface area contributed by atoms with Crippen LogP contribution in [-0.4, -0.2) is 36.2 Å². The van der Waals surface area contributed by atoms with Crippen LogP contribution in [0.2, 0.25) is 5.02 Å². The van der Waals surface area contributed by atoms with Gasteiger partial charge in [-0.2, -0.15) is 0 Å². The van der Waals surface area contributed by atoms with E-state index in [1.54, 1.807) is 47.5 Å². The number of hydrogen-bond acceptors (Lipinski definition) is 5. The molecule has 0 unspecified atom stereocenters. The van der Waals surface area contributed by atoms with Crippen LogP contribution in [-0.2, 0) is 14.1 Å². The molecule has 9 heteroatoms. The minimum Gasteiger partial charge on any atom is -0.493 e. The van der Waals surface area contributed by atoms with E-state index in [-0.39, 0.29) is 11.4 Å². The molecule has 4 aromatic rings. The molecule has 0 aliphatic rings. The van der Waals surface area contributed by atoms with Gasteiger partial charge in [0.2, 0.25) is 0 Å². The average molecular weight is 429 g/mol. The number of carbonyl (C=O) groups excluding carboxylic acids is 1. The third kappa shape index (κ3) is 3.09. The molecule has 1 amide bonds. The van der Waals surface area contributed by atoms with Crippen molar-refractivity contribution >= 4 is 50.9 Å². The fourth-order valence-electron chi connectivity index (χ4n) is 3.54. The maximum Gasteiger partial charge on any atom is 0.328 e. The van der Waals surface area contributed by atoms with Gasteiger partial charge in [0, 0.05) is 44.7 Å². The van der Waals surface area contributed by atoms with Crippen LogP contribution in [0.15, 0.2) is 39.5 Å². The van der Waals surface area contributed by atoms with E-state index in [1.807, 2.05) is 25.1 Å². The third-order valence-electron chi connectivity index (χ3n) is 5.11. The van der Waals surface area contributed by atoms with Crippen molar-refractivity contribution in [3.63, 3.8) is 0 Å². The van der Waals surface area contributed by atoms with Gasteiger partial charge >= 0.3 is 5.69 Å². The summed E-state index contributed by atoms with van der Waals surface area (Å²) in [5.74, 6) is 0.149. The average Bonchev–Trinajstić information content (AvgIpc) is 3.22. The Morgan fingerprint density at radius 3 is 2.40 bits per heavy atom. The Kier molecular flexibility index (Phi) is 4.74. The number of aryl methyl sites for hydroxylation is 2. The summed E-state index contributed by atoms with van der Waals surface area (Å²) in [5.41, 5.74) is 3.10. The number of fused-ring (bicyclic) bond motifs is 2. The van der Waals surface area contributed by atoms with Gasteiger partial charge in [0.1, 0.15) is 0 Å². The van der Waals surface area contributed by atoms with Gasteiger partial charge in [-0.3, -0.25) is 13.9 Å². The summed E-state index contributed by atoms with van der Waals surface area (Å²) < 4.78 is 14.2. The quantitative estimate of drug-likeness (QED) is 0.537. The Hall–Kier alpha value is -3.39. The predicted octanol–water partition coefficient (Wildman–Crippen LogP) is 3.60. The number of imidazole rings is 1. The van der Waals surface area contributed by atoms with Gasteiger partial charge in [-0.1, -0.05) is 11.6 Å². The highest BCUT2D eigenvalue weighted by atomic mass is 35.5. The summed E-state index contributed by atoms with van der Waals surface area (Å²) in [5, 5.41) is 4.05. The molecule has 4 rings (SSSR count). The van der Waals surface area contributed by atoms with Crippen LogP contribution in [0, 0.1) is 0 Å². The third-order valence-corrected chi connectivity index (χ3v) is 5.33. The molecule has 0 bridgehead atoms. The van der Waals surface area contributed by atoms with Crippen molar-refractivity contribution in [2.75, 3.05) is 31.4 Å². The zero-order valence-electron chi connectivity index (χ0n) is 17.2. The van der Waals surface area contributed by atoms with E-state index in [1.165, 1.54) is 7.11 Å². The van der Waals surface area contributed by atoms with Gasteiger partial charge < -0.3 is 19.4 Å². The highest BCUT2D eigenvalue weighted by Gasteiger charge is 2.19. The smallest absolute Gasteiger partial charge is 0.328 e. The molecule has 8 nitrogen and oxygen atoms in total. The van der Waals surface area contributed by atoms with Gasteiger partial charge in [-0.05, 0) is 24.3 Å². The lowest BCUT2D eigenvalue weighted by Gasteiger charge is -2.18. The van der Waals surface area contributed by atoms with E-state index in [0.717, 1.165) is 11.2 Å². The second-order valence-electron chi connectivity index (χ2n) is 7.24. The maximum absolute atomic E-state index is 13.0. The Balaban J connectivity index is 1.79. The second-order valence-corrected chi connectivity index (χ2v) is 7.68. The van der Waals surface area contributed by atoms with Gasteiger partial charge in [-0.25, -0.2) is 4.79 Å². The number of nitrogens with one attached hydrogen (secondary N) is 1. The first-order chi connectivity index (χ1) is 14.2. The predicted molar refractivity (Wildman–Crippen MR) is 118 cm³/mol. The monoisotopic (exact) mass is 428 g/mol. The fourth-order valence-corrected chi connectivity index (χ4v) is 3.75. The lowest BCUT2D eigenvalue weighted by atomic mass is 10.2. The molecule has 2 heterocycles. The number of rotatable bonds is 4. The van der Waals surface area contributed by atoms with Gasteiger partial charge in [0.25, 0.3) is 5.91 Å². The molecule has 0 spiro atoms. The van der Waals surface area contributed by atoms with Crippen molar-refractivity contribution in [3.8, 4) is 5.75 Å². The highest BCUT2D eigenvalue weighted by Crippen LogP contribution is 2.34. The number of halogens is 1. The minimum absolute atomic E-state index is 0.123. The van der Waals surface area contributed by atoms with Crippen molar-refractivity contribution in [3.05, 3.63) is 51.6 Å². The molecule has 0 saturated heterocycles. The van der Waals surface area contributed by atoms with Crippen LogP contribution in [0.5, 0.6) is 5.75 Å². The highest BCUT2D eigenvalue weighted by molar-refractivity contribution is 6.31. The van der Waals surface area contributed by atoms with Gasteiger partial charge in [-0.15, -0.1) is 0 Å². The number of benzene rings is 2. The van der Waals surface area contributed by atoms with E-state index < -0.39 is 5.91 Å². The molecule has 2 aromatic carbocycles. The van der Waals surface area contributed by atoms with Gasteiger partial charge in [0.05, 0.1) is 29.5 Å². The first kappa shape index (κ1) is 19.9. The Morgan fingerprint density at radius 2 is 1.77 bits per heavy atom. The van der Waals surface area contributed by atoms with Crippen molar-refractivity contribution in [1.82, 2.24) is 9.13 Å². The van der Waals surface area contributed by atoms with Crippen LogP contribution in [0.3, 0.4) is 0 Å². The standard InChI is InChI=1S/C21H21ClN4O4/c1-24(2)14-10-16-15(25(3)21(28)26(16)4)9-13(14)23-20(27)18-7-11-6-12(22)8-17(29-5)19(11)30-18/h6-10H,1-5H3,(H,23,27). The van der Waals surface area contributed by atoms with E-state index in [4.69, 9.17) is 20.8 Å². The molecule has 0 saturated carbocycles. The van der Waals surface area contributed by atoms with Crippen molar-refractivity contribution in [1.29, 1.82) is 0 Å². The number of hydrogen-bond donors (Lipinski definition) is 1. The molecule has 156 valence electrons. The first-order valence-electron chi connectivity index (χ1n) is 9.16. The normalized spacial score (nSPS) is 11.3. The van der Waals surface area contributed by atoms with E-state index in [0.29, 0.717) is 32.9 Å².